The minimum Gasteiger partial charge on any atom is -0.372 e. The molecule has 0 bridgehead atoms. The van der Waals surface area contributed by atoms with Crippen LogP contribution in [-0.2, 0) is 4.74 Å². The number of aromatic amines is 1. The van der Waals surface area contributed by atoms with Crippen LogP contribution in [-0.4, -0.2) is 37.1 Å². The zero-order valence-corrected chi connectivity index (χ0v) is 15.9. The van der Waals surface area contributed by atoms with E-state index in [0.29, 0.717) is 25.3 Å². The molecule has 1 aliphatic heterocycles. The number of pyridine rings is 1. The molecule has 1 amide bonds. The van der Waals surface area contributed by atoms with Gasteiger partial charge in [0.05, 0.1) is 17.7 Å². The molecule has 1 aliphatic rings. The number of benzene rings is 1. The summed E-state index contributed by atoms with van der Waals surface area (Å²) in [5.41, 5.74) is 0.257. The van der Waals surface area contributed by atoms with Gasteiger partial charge in [-0.15, -0.1) is 12.4 Å². The summed E-state index contributed by atoms with van der Waals surface area (Å²) in [5.74, 6) is -1.11. The third-order valence-corrected chi connectivity index (χ3v) is 4.58. The number of rotatable bonds is 4. The van der Waals surface area contributed by atoms with Crippen LogP contribution in [0, 0.1) is 11.7 Å². The van der Waals surface area contributed by atoms with Gasteiger partial charge >= 0.3 is 0 Å². The van der Waals surface area contributed by atoms with Crippen molar-refractivity contribution in [3.63, 3.8) is 0 Å². The molecule has 27 heavy (non-hydrogen) atoms. The van der Waals surface area contributed by atoms with E-state index in [2.05, 4.69) is 15.6 Å². The van der Waals surface area contributed by atoms with Crippen molar-refractivity contribution in [2.75, 3.05) is 26.2 Å². The quantitative estimate of drug-likeness (QED) is 0.715. The SMILES string of the molecule is Cl.O=C(NC[C@@H]1CNCCO[C@H]1c1ccc(Cl)c(F)c1)c1ccc[nH]c1=O. The van der Waals surface area contributed by atoms with Gasteiger partial charge in [-0.3, -0.25) is 9.59 Å². The van der Waals surface area contributed by atoms with Crippen LogP contribution in [0.5, 0.6) is 0 Å². The molecule has 0 spiro atoms. The van der Waals surface area contributed by atoms with Gasteiger partial charge in [-0.2, -0.15) is 0 Å². The number of amides is 1. The van der Waals surface area contributed by atoms with Crippen LogP contribution in [0.25, 0.3) is 0 Å². The fourth-order valence-corrected chi connectivity index (χ4v) is 3.06. The first-order valence-electron chi connectivity index (χ1n) is 8.29. The average Bonchev–Trinajstić information content (AvgIpc) is 2.88. The Labute approximate surface area is 166 Å². The highest BCUT2D eigenvalue weighted by atomic mass is 35.5. The Balaban J connectivity index is 0.00000261. The van der Waals surface area contributed by atoms with Crippen molar-refractivity contribution in [2.45, 2.75) is 6.10 Å². The predicted molar refractivity (Wildman–Crippen MR) is 103 cm³/mol. The standard InChI is InChI=1S/C18H19ClFN3O3.ClH/c19-14-4-3-11(8-15(14)20)16-12(9-21-6-7-26-16)10-23-18(25)13-2-1-5-22-17(13)24;/h1-5,8,12,16,21H,6-7,9-10H2,(H,22,24)(H,23,25);1H/t12-,16-;/m0./s1. The van der Waals surface area contributed by atoms with E-state index < -0.39 is 23.4 Å². The number of carbonyl (C=O) groups excluding carboxylic acids is 1. The molecule has 3 N–H and O–H groups in total. The van der Waals surface area contributed by atoms with Crippen LogP contribution in [0.1, 0.15) is 22.0 Å². The smallest absolute Gasteiger partial charge is 0.260 e. The molecule has 1 fully saturated rings. The summed E-state index contributed by atoms with van der Waals surface area (Å²) < 4.78 is 19.7. The first-order valence-corrected chi connectivity index (χ1v) is 8.67. The van der Waals surface area contributed by atoms with Crippen LogP contribution >= 0.6 is 24.0 Å². The van der Waals surface area contributed by atoms with Crippen LogP contribution < -0.4 is 16.2 Å². The van der Waals surface area contributed by atoms with Crippen LogP contribution in [0.15, 0.2) is 41.3 Å². The summed E-state index contributed by atoms with van der Waals surface area (Å²) in [5, 5.41) is 6.05. The van der Waals surface area contributed by atoms with E-state index >= 15 is 0 Å². The lowest BCUT2D eigenvalue weighted by Crippen LogP contribution is -2.38. The first-order chi connectivity index (χ1) is 12.6. The summed E-state index contributed by atoms with van der Waals surface area (Å²) in [6, 6.07) is 7.62. The maximum atomic E-state index is 13.8. The van der Waals surface area contributed by atoms with E-state index in [-0.39, 0.29) is 35.5 Å². The van der Waals surface area contributed by atoms with Gasteiger partial charge in [-0.05, 0) is 29.8 Å². The molecule has 3 rings (SSSR count). The van der Waals surface area contributed by atoms with E-state index in [9.17, 15) is 14.0 Å². The Bertz CT molecular complexity index is 847. The van der Waals surface area contributed by atoms with Crippen molar-refractivity contribution in [2.24, 2.45) is 5.92 Å². The molecule has 0 saturated carbocycles. The van der Waals surface area contributed by atoms with Gasteiger partial charge in [0.2, 0.25) is 0 Å². The summed E-state index contributed by atoms with van der Waals surface area (Å²) >= 11 is 5.76. The topological polar surface area (TPSA) is 83.2 Å². The fraction of sp³-hybridized carbons (Fsp3) is 0.333. The van der Waals surface area contributed by atoms with Crippen LogP contribution in [0.4, 0.5) is 4.39 Å². The molecule has 0 radical (unpaired) electrons. The lowest BCUT2D eigenvalue weighted by atomic mass is 9.95. The van der Waals surface area contributed by atoms with Gasteiger partial charge in [0, 0.05) is 31.7 Å². The van der Waals surface area contributed by atoms with Gasteiger partial charge in [-0.25, -0.2) is 4.39 Å². The van der Waals surface area contributed by atoms with Crippen molar-refractivity contribution < 1.29 is 13.9 Å². The first kappa shape index (κ1) is 21.4. The minimum absolute atomic E-state index is 0. The van der Waals surface area contributed by atoms with Crippen LogP contribution in [0.2, 0.25) is 5.02 Å². The predicted octanol–water partition coefficient (Wildman–Crippen LogP) is 2.30. The monoisotopic (exact) mass is 415 g/mol. The maximum Gasteiger partial charge on any atom is 0.260 e. The van der Waals surface area contributed by atoms with Gasteiger partial charge in [0.15, 0.2) is 0 Å². The molecule has 2 heterocycles. The number of hydrogen-bond acceptors (Lipinski definition) is 4. The lowest BCUT2D eigenvalue weighted by Gasteiger charge is -2.25. The molecule has 2 atom stereocenters. The number of aromatic nitrogens is 1. The molecule has 1 saturated heterocycles. The lowest BCUT2D eigenvalue weighted by molar-refractivity contribution is 0.0304. The van der Waals surface area contributed by atoms with Gasteiger partial charge in [0.1, 0.15) is 11.4 Å². The van der Waals surface area contributed by atoms with Crippen molar-refractivity contribution >= 4 is 29.9 Å². The second-order valence-electron chi connectivity index (χ2n) is 6.05. The number of hydrogen-bond donors (Lipinski definition) is 3. The van der Waals surface area contributed by atoms with E-state index in [1.165, 1.54) is 24.4 Å². The highest BCUT2D eigenvalue weighted by Crippen LogP contribution is 2.29. The molecule has 1 aromatic heterocycles. The molecule has 146 valence electrons. The summed E-state index contributed by atoms with van der Waals surface area (Å²) in [4.78, 5) is 26.4. The minimum atomic E-state index is -0.511. The molecule has 6 nitrogen and oxygen atoms in total. The van der Waals surface area contributed by atoms with Crippen molar-refractivity contribution in [1.29, 1.82) is 0 Å². The molecule has 0 unspecified atom stereocenters. The summed E-state index contributed by atoms with van der Waals surface area (Å²) in [7, 11) is 0. The molecule has 1 aromatic carbocycles. The third kappa shape index (κ3) is 5.29. The Kier molecular flexibility index (Phi) is 7.79. The van der Waals surface area contributed by atoms with Gasteiger partial charge in [0.25, 0.3) is 11.5 Å². The average molecular weight is 416 g/mol. The second-order valence-corrected chi connectivity index (χ2v) is 6.46. The largest absolute Gasteiger partial charge is 0.372 e. The zero-order chi connectivity index (χ0) is 18.5. The number of H-pyrrole nitrogens is 1. The molecular formula is C18H20Cl2FN3O3. The highest BCUT2D eigenvalue weighted by Gasteiger charge is 2.27. The van der Waals surface area contributed by atoms with Crippen LogP contribution in [0.3, 0.4) is 0 Å². The zero-order valence-electron chi connectivity index (χ0n) is 14.3. The number of carbonyl (C=O) groups is 1. The normalized spacial score (nSPS) is 19.6. The summed E-state index contributed by atoms with van der Waals surface area (Å²) in [6.45, 7) is 1.99. The number of nitrogens with one attached hydrogen (secondary N) is 3. The third-order valence-electron chi connectivity index (χ3n) is 4.27. The molecule has 0 aliphatic carbocycles. The Hall–Kier alpha value is -1.93. The maximum absolute atomic E-state index is 13.8. The number of ether oxygens (including phenoxy) is 1. The van der Waals surface area contributed by atoms with E-state index in [4.69, 9.17) is 16.3 Å². The Morgan fingerprint density at radius 1 is 1.37 bits per heavy atom. The van der Waals surface area contributed by atoms with E-state index in [1.54, 1.807) is 12.1 Å². The Morgan fingerprint density at radius 2 is 2.19 bits per heavy atom. The molecular weight excluding hydrogens is 396 g/mol. The van der Waals surface area contributed by atoms with Crippen molar-refractivity contribution in [3.05, 3.63) is 68.8 Å². The fourth-order valence-electron chi connectivity index (χ4n) is 2.94. The molecule has 2 aromatic rings. The van der Waals surface area contributed by atoms with E-state index in [0.717, 1.165) is 0 Å². The van der Waals surface area contributed by atoms with Crippen molar-refractivity contribution in [1.82, 2.24) is 15.6 Å². The van der Waals surface area contributed by atoms with E-state index in [1.807, 2.05) is 0 Å². The number of halogens is 3. The van der Waals surface area contributed by atoms with Gasteiger partial charge < -0.3 is 20.4 Å². The molecule has 9 heteroatoms. The Morgan fingerprint density at radius 3 is 2.93 bits per heavy atom. The second kappa shape index (κ2) is 9.85. The van der Waals surface area contributed by atoms with Crippen molar-refractivity contribution in [3.8, 4) is 0 Å². The summed E-state index contributed by atoms with van der Waals surface area (Å²) in [6.07, 6.45) is 1.07. The highest BCUT2D eigenvalue weighted by molar-refractivity contribution is 6.30. The van der Waals surface area contributed by atoms with Gasteiger partial charge in [-0.1, -0.05) is 17.7 Å².